The zero-order valence-corrected chi connectivity index (χ0v) is 7.44. The van der Waals surface area contributed by atoms with E-state index in [0.717, 1.165) is 19.3 Å². The molecule has 3 heteroatoms. The maximum atomic E-state index is 10.9. The summed E-state index contributed by atoms with van der Waals surface area (Å²) in [6.45, 7) is 0. The van der Waals surface area contributed by atoms with Crippen LogP contribution in [0.4, 0.5) is 0 Å². The number of rotatable bonds is 1. The highest BCUT2D eigenvalue weighted by atomic mass is 16.4. The Labute approximate surface area is 77.1 Å². The van der Waals surface area contributed by atoms with Gasteiger partial charge in [-0.2, -0.15) is 0 Å². The Bertz CT molecular complexity index is 257. The number of fused-ring (bicyclic) bond motifs is 1. The van der Waals surface area contributed by atoms with Crippen molar-refractivity contribution in [2.75, 3.05) is 0 Å². The standard InChI is InChI=1S/C10H14O3/c11-9-5-4-8(10(12)13)6-2-1-3-7(6)9/h4,6-7,9,11H,1-3,5H2,(H,12,13)/t6-,7+,9-/m1/s1. The van der Waals surface area contributed by atoms with Crippen molar-refractivity contribution in [1.82, 2.24) is 0 Å². The van der Waals surface area contributed by atoms with Gasteiger partial charge in [0.1, 0.15) is 0 Å². The smallest absolute Gasteiger partial charge is 0.331 e. The second-order valence-electron chi connectivity index (χ2n) is 3.97. The largest absolute Gasteiger partial charge is 0.478 e. The molecular weight excluding hydrogens is 168 g/mol. The van der Waals surface area contributed by atoms with Crippen LogP contribution in [0.25, 0.3) is 0 Å². The van der Waals surface area contributed by atoms with Crippen molar-refractivity contribution in [3.05, 3.63) is 11.6 Å². The molecule has 0 amide bonds. The van der Waals surface area contributed by atoms with Crippen LogP contribution >= 0.6 is 0 Å². The monoisotopic (exact) mass is 182 g/mol. The van der Waals surface area contributed by atoms with E-state index in [4.69, 9.17) is 5.11 Å². The average Bonchev–Trinajstić information content (AvgIpc) is 2.53. The molecular formula is C10H14O3. The van der Waals surface area contributed by atoms with Crippen molar-refractivity contribution in [1.29, 1.82) is 0 Å². The van der Waals surface area contributed by atoms with Crippen LogP contribution < -0.4 is 0 Å². The van der Waals surface area contributed by atoms with Gasteiger partial charge in [-0.1, -0.05) is 12.5 Å². The van der Waals surface area contributed by atoms with E-state index in [0.29, 0.717) is 12.0 Å². The summed E-state index contributed by atoms with van der Waals surface area (Å²) >= 11 is 0. The van der Waals surface area contributed by atoms with Gasteiger partial charge in [0.05, 0.1) is 6.10 Å². The Balaban J connectivity index is 2.25. The minimum atomic E-state index is -0.802. The molecule has 72 valence electrons. The molecule has 1 saturated carbocycles. The van der Waals surface area contributed by atoms with Gasteiger partial charge in [-0.3, -0.25) is 0 Å². The number of carboxylic acid groups (broad SMARTS) is 1. The molecule has 2 aliphatic rings. The van der Waals surface area contributed by atoms with E-state index in [1.807, 2.05) is 0 Å². The molecule has 1 fully saturated rings. The van der Waals surface area contributed by atoms with Crippen LogP contribution in [0.1, 0.15) is 25.7 Å². The SMILES string of the molecule is O=C(O)C1=CC[C@@H](O)[C@H]2CCC[C@@H]12. The number of aliphatic hydroxyl groups is 1. The molecule has 0 aliphatic heterocycles. The third-order valence-electron chi connectivity index (χ3n) is 3.29. The second-order valence-corrected chi connectivity index (χ2v) is 3.97. The highest BCUT2D eigenvalue weighted by Crippen LogP contribution is 2.42. The zero-order valence-electron chi connectivity index (χ0n) is 7.44. The minimum absolute atomic E-state index is 0.112. The highest BCUT2D eigenvalue weighted by Gasteiger charge is 2.39. The lowest BCUT2D eigenvalue weighted by Crippen LogP contribution is -2.30. The van der Waals surface area contributed by atoms with Crippen LogP contribution in [0, 0.1) is 11.8 Å². The highest BCUT2D eigenvalue weighted by molar-refractivity contribution is 5.87. The third-order valence-corrected chi connectivity index (χ3v) is 3.29. The Kier molecular flexibility index (Phi) is 2.12. The number of carbonyl (C=O) groups is 1. The van der Waals surface area contributed by atoms with Gasteiger partial charge < -0.3 is 10.2 Å². The van der Waals surface area contributed by atoms with Gasteiger partial charge in [-0.25, -0.2) is 4.79 Å². The fraction of sp³-hybridized carbons (Fsp3) is 0.700. The molecule has 3 atom stereocenters. The van der Waals surface area contributed by atoms with Crippen molar-refractivity contribution < 1.29 is 15.0 Å². The quantitative estimate of drug-likeness (QED) is 0.640. The van der Waals surface area contributed by atoms with Gasteiger partial charge in [0.2, 0.25) is 0 Å². The van der Waals surface area contributed by atoms with E-state index in [9.17, 15) is 9.90 Å². The maximum absolute atomic E-state index is 10.9. The summed E-state index contributed by atoms with van der Waals surface area (Å²) in [5.74, 6) is -0.485. The molecule has 0 aromatic carbocycles. The van der Waals surface area contributed by atoms with Crippen molar-refractivity contribution in [3.8, 4) is 0 Å². The summed E-state index contributed by atoms with van der Waals surface area (Å²) in [7, 11) is 0. The first kappa shape index (κ1) is 8.75. The molecule has 0 aromatic rings. The molecule has 0 radical (unpaired) electrons. The predicted molar refractivity (Wildman–Crippen MR) is 47.2 cm³/mol. The first-order chi connectivity index (χ1) is 6.20. The molecule has 0 bridgehead atoms. The van der Waals surface area contributed by atoms with Gasteiger partial charge >= 0.3 is 5.97 Å². The third kappa shape index (κ3) is 1.37. The van der Waals surface area contributed by atoms with E-state index >= 15 is 0 Å². The molecule has 0 heterocycles. The van der Waals surface area contributed by atoms with E-state index in [1.165, 1.54) is 0 Å². The Hall–Kier alpha value is -0.830. The van der Waals surface area contributed by atoms with Crippen molar-refractivity contribution in [2.45, 2.75) is 31.8 Å². The van der Waals surface area contributed by atoms with Gasteiger partial charge in [0, 0.05) is 5.57 Å². The van der Waals surface area contributed by atoms with Crippen LogP contribution in [0.2, 0.25) is 0 Å². The molecule has 2 aliphatic carbocycles. The van der Waals surface area contributed by atoms with Crippen LogP contribution in [-0.2, 0) is 4.79 Å². The minimum Gasteiger partial charge on any atom is -0.478 e. The summed E-state index contributed by atoms with van der Waals surface area (Å²) in [5, 5.41) is 18.6. The lowest BCUT2D eigenvalue weighted by molar-refractivity contribution is -0.133. The topological polar surface area (TPSA) is 57.5 Å². The number of hydrogen-bond donors (Lipinski definition) is 2. The number of carboxylic acids is 1. The number of hydrogen-bond acceptors (Lipinski definition) is 2. The van der Waals surface area contributed by atoms with Crippen LogP contribution in [0.3, 0.4) is 0 Å². The van der Waals surface area contributed by atoms with E-state index in [2.05, 4.69) is 0 Å². The first-order valence-corrected chi connectivity index (χ1v) is 4.81. The summed E-state index contributed by atoms with van der Waals surface area (Å²) in [4.78, 5) is 10.9. The molecule has 0 aromatic heterocycles. The molecule has 3 nitrogen and oxygen atoms in total. The summed E-state index contributed by atoms with van der Waals surface area (Å²) in [5.41, 5.74) is 0.535. The van der Waals surface area contributed by atoms with Crippen molar-refractivity contribution >= 4 is 5.97 Å². The molecule has 0 saturated heterocycles. The summed E-state index contributed by atoms with van der Waals surface area (Å²) in [6, 6.07) is 0. The number of aliphatic carboxylic acids is 1. The second kappa shape index (κ2) is 3.14. The molecule has 0 unspecified atom stereocenters. The van der Waals surface area contributed by atoms with Gasteiger partial charge in [-0.05, 0) is 31.1 Å². The Morgan fingerprint density at radius 3 is 2.92 bits per heavy atom. The van der Waals surface area contributed by atoms with Crippen LogP contribution in [0.15, 0.2) is 11.6 Å². The molecule has 2 rings (SSSR count). The first-order valence-electron chi connectivity index (χ1n) is 4.81. The predicted octanol–water partition coefficient (Wildman–Crippen LogP) is 1.18. The average molecular weight is 182 g/mol. The summed E-state index contributed by atoms with van der Waals surface area (Å²) < 4.78 is 0. The fourth-order valence-electron chi connectivity index (χ4n) is 2.66. The zero-order chi connectivity index (χ0) is 9.42. The molecule has 13 heavy (non-hydrogen) atoms. The Morgan fingerprint density at radius 2 is 2.23 bits per heavy atom. The van der Waals surface area contributed by atoms with Gasteiger partial charge in [-0.15, -0.1) is 0 Å². The lowest BCUT2D eigenvalue weighted by atomic mass is 9.79. The Morgan fingerprint density at radius 1 is 1.46 bits per heavy atom. The van der Waals surface area contributed by atoms with E-state index in [-0.39, 0.29) is 17.9 Å². The maximum Gasteiger partial charge on any atom is 0.331 e. The van der Waals surface area contributed by atoms with Crippen LogP contribution in [-0.4, -0.2) is 22.3 Å². The summed E-state index contributed by atoms with van der Waals surface area (Å²) in [6.07, 6.45) is 4.87. The van der Waals surface area contributed by atoms with Crippen molar-refractivity contribution in [2.24, 2.45) is 11.8 Å². The normalized spacial score (nSPS) is 38.2. The van der Waals surface area contributed by atoms with Crippen molar-refractivity contribution in [3.63, 3.8) is 0 Å². The lowest BCUT2D eigenvalue weighted by Gasteiger charge is -2.29. The molecule has 0 spiro atoms. The van der Waals surface area contributed by atoms with Gasteiger partial charge in [0.15, 0.2) is 0 Å². The van der Waals surface area contributed by atoms with Crippen LogP contribution in [0.5, 0.6) is 0 Å². The number of aliphatic hydroxyl groups excluding tert-OH is 1. The van der Waals surface area contributed by atoms with E-state index < -0.39 is 5.97 Å². The van der Waals surface area contributed by atoms with Gasteiger partial charge in [0.25, 0.3) is 0 Å². The fourth-order valence-corrected chi connectivity index (χ4v) is 2.66. The van der Waals surface area contributed by atoms with E-state index in [1.54, 1.807) is 6.08 Å². The molecule has 2 N–H and O–H groups in total.